The Labute approximate surface area is 160 Å². The van der Waals surface area contributed by atoms with Crippen molar-refractivity contribution in [2.75, 3.05) is 6.54 Å². The predicted octanol–water partition coefficient (Wildman–Crippen LogP) is 3.62. The third kappa shape index (κ3) is 4.13. The number of benzene rings is 2. The molecule has 5 heteroatoms. The molecule has 0 saturated carbocycles. The van der Waals surface area contributed by atoms with E-state index in [0.29, 0.717) is 17.9 Å². The molecule has 0 bridgehead atoms. The first-order chi connectivity index (χ1) is 12.8. The summed E-state index contributed by atoms with van der Waals surface area (Å²) in [6.07, 6.45) is 1.92. The van der Waals surface area contributed by atoms with Gasteiger partial charge in [0.2, 0.25) is 5.91 Å². The average molecular weight is 366 g/mol. The van der Waals surface area contributed by atoms with Gasteiger partial charge in [0.1, 0.15) is 5.75 Å². The second-order valence-electron chi connectivity index (χ2n) is 7.57. The lowest BCUT2D eigenvalue weighted by Crippen LogP contribution is -2.48. The van der Waals surface area contributed by atoms with Gasteiger partial charge in [0.15, 0.2) is 5.60 Å². The maximum Gasteiger partial charge on any atom is 0.266 e. The summed E-state index contributed by atoms with van der Waals surface area (Å²) in [7, 11) is 0. The van der Waals surface area contributed by atoms with Crippen LogP contribution in [0.4, 0.5) is 0 Å². The van der Waals surface area contributed by atoms with Gasteiger partial charge in [0.05, 0.1) is 6.04 Å². The van der Waals surface area contributed by atoms with Crippen LogP contribution in [0.1, 0.15) is 54.2 Å². The highest BCUT2D eigenvalue weighted by Gasteiger charge is 2.40. The topological polar surface area (TPSA) is 72.6 Å². The average Bonchev–Trinajstić information content (AvgIpc) is 3.11. The van der Waals surface area contributed by atoms with Gasteiger partial charge in [-0.25, -0.2) is 0 Å². The van der Waals surface area contributed by atoms with Crippen molar-refractivity contribution in [3.63, 3.8) is 0 Å². The minimum atomic E-state index is -1.05. The van der Waals surface area contributed by atoms with Crippen LogP contribution < -0.4 is 10.5 Å². The Balaban J connectivity index is 1.79. The van der Waals surface area contributed by atoms with Crippen LogP contribution in [0.15, 0.2) is 48.5 Å². The van der Waals surface area contributed by atoms with Crippen LogP contribution in [0.5, 0.6) is 5.75 Å². The van der Waals surface area contributed by atoms with Gasteiger partial charge in [0, 0.05) is 12.1 Å². The summed E-state index contributed by atoms with van der Waals surface area (Å²) in [5.74, 6) is -0.130. The molecule has 2 N–H and O–H groups in total. The number of hydrogen-bond donors (Lipinski definition) is 1. The van der Waals surface area contributed by atoms with Crippen LogP contribution in [-0.2, 0) is 4.79 Å². The maximum absolute atomic E-state index is 13.3. The molecule has 0 aromatic heterocycles. The first-order valence-corrected chi connectivity index (χ1v) is 9.24. The van der Waals surface area contributed by atoms with Gasteiger partial charge < -0.3 is 15.4 Å². The first-order valence-electron chi connectivity index (χ1n) is 9.24. The Morgan fingerprint density at radius 3 is 2.52 bits per heavy atom. The van der Waals surface area contributed by atoms with Crippen LogP contribution in [0.3, 0.4) is 0 Å². The summed E-state index contributed by atoms with van der Waals surface area (Å²) in [4.78, 5) is 26.5. The summed E-state index contributed by atoms with van der Waals surface area (Å²) in [5.41, 5.74) is 6.99. The molecule has 0 radical (unpaired) electrons. The van der Waals surface area contributed by atoms with E-state index in [-0.39, 0.29) is 11.9 Å². The third-order valence-electron chi connectivity index (χ3n) is 4.98. The molecule has 0 aliphatic carbocycles. The van der Waals surface area contributed by atoms with E-state index in [1.54, 1.807) is 38.1 Å². The monoisotopic (exact) mass is 366 g/mol. The normalized spacial score (nSPS) is 17.0. The smallest absolute Gasteiger partial charge is 0.266 e. The van der Waals surface area contributed by atoms with Crippen LogP contribution in [0.25, 0.3) is 0 Å². The lowest BCUT2D eigenvalue weighted by atomic mass is 10.0. The fourth-order valence-corrected chi connectivity index (χ4v) is 3.54. The van der Waals surface area contributed by atoms with Crippen LogP contribution in [0.2, 0.25) is 0 Å². The molecular formula is C22H26N2O3. The highest BCUT2D eigenvalue weighted by atomic mass is 16.5. The summed E-state index contributed by atoms with van der Waals surface area (Å²) in [5, 5.41) is 0. The molecule has 1 saturated heterocycles. The number of nitrogens with zero attached hydrogens (tertiary/aromatic N) is 1. The van der Waals surface area contributed by atoms with Crippen molar-refractivity contribution in [3.8, 4) is 5.75 Å². The number of carbonyl (C=O) groups excluding carboxylic acids is 2. The van der Waals surface area contributed by atoms with Gasteiger partial charge in [-0.2, -0.15) is 0 Å². The molecule has 0 spiro atoms. The molecule has 2 aromatic carbocycles. The second-order valence-corrected chi connectivity index (χ2v) is 7.57. The maximum atomic E-state index is 13.3. The lowest BCUT2D eigenvalue weighted by molar-refractivity contribution is -0.146. The van der Waals surface area contributed by atoms with E-state index >= 15 is 0 Å². The first kappa shape index (κ1) is 19.0. The van der Waals surface area contributed by atoms with Crippen molar-refractivity contribution >= 4 is 11.8 Å². The van der Waals surface area contributed by atoms with Crippen LogP contribution in [0, 0.1) is 6.92 Å². The Hall–Kier alpha value is -2.82. The number of primary amides is 1. The molecule has 1 unspecified atom stereocenters. The standard InChI is InChI=1S/C22H26N2O3/c1-15-9-11-16(12-10-15)19-8-5-13-24(19)21(26)22(2,3)27-18-7-4-6-17(14-18)20(23)25/h4,6-7,9-12,14,19H,5,8,13H2,1-3H3,(H2,23,25). The van der Waals surface area contributed by atoms with E-state index < -0.39 is 11.5 Å². The molecular weight excluding hydrogens is 340 g/mol. The molecule has 5 nitrogen and oxygen atoms in total. The number of carbonyl (C=O) groups is 2. The molecule has 1 aliphatic heterocycles. The summed E-state index contributed by atoms with van der Waals surface area (Å²) < 4.78 is 5.97. The number of ether oxygens (including phenoxy) is 1. The van der Waals surface area contributed by atoms with Crippen LogP contribution in [-0.4, -0.2) is 28.9 Å². The van der Waals surface area contributed by atoms with Gasteiger partial charge in [0.25, 0.3) is 5.91 Å². The SMILES string of the molecule is Cc1ccc(C2CCCN2C(=O)C(C)(C)Oc2cccc(C(N)=O)c2)cc1. The molecule has 1 heterocycles. The molecule has 1 fully saturated rings. The quantitative estimate of drug-likeness (QED) is 0.878. The van der Waals surface area contributed by atoms with Gasteiger partial charge in [-0.1, -0.05) is 35.9 Å². The van der Waals surface area contributed by atoms with Gasteiger partial charge in [-0.15, -0.1) is 0 Å². The van der Waals surface area contributed by atoms with Crippen molar-refractivity contribution in [3.05, 3.63) is 65.2 Å². The largest absolute Gasteiger partial charge is 0.478 e. The summed E-state index contributed by atoms with van der Waals surface area (Å²) in [6, 6.07) is 15.0. The lowest BCUT2D eigenvalue weighted by Gasteiger charge is -2.33. The van der Waals surface area contributed by atoms with E-state index in [1.165, 1.54) is 5.56 Å². The Bertz CT molecular complexity index is 843. The van der Waals surface area contributed by atoms with Gasteiger partial charge in [-0.3, -0.25) is 9.59 Å². The highest BCUT2D eigenvalue weighted by molar-refractivity contribution is 5.93. The minimum absolute atomic E-state index is 0.0601. The molecule has 1 atom stereocenters. The number of aryl methyl sites for hydroxylation is 1. The van der Waals surface area contributed by atoms with E-state index in [4.69, 9.17) is 10.5 Å². The highest BCUT2D eigenvalue weighted by Crippen LogP contribution is 2.34. The zero-order valence-electron chi connectivity index (χ0n) is 16.1. The third-order valence-corrected chi connectivity index (χ3v) is 4.98. The van der Waals surface area contributed by atoms with Crippen molar-refractivity contribution in [2.45, 2.75) is 45.3 Å². The molecule has 27 heavy (non-hydrogen) atoms. The zero-order valence-corrected chi connectivity index (χ0v) is 16.1. The number of rotatable bonds is 5. The fourth-order valence-electron chi connectivity index (χ4n) is 3.54. The zero-order chi connectivity index (χ0) is 19.6. The number of likely N-dealkylation sites (tertiary alicyclic amines) is 1. The number of hydrogen-bond acceptors (Lipinski definition) is 3. The Morgan fingerprint density at radius 1 is 1.15 bits per heavy atom. The molecule has 2 amide bonds. The van der Waals surface area contributed by atoms with Crippen LogP contribution >= 0.6 is 0 Å². The number of nitrogens with two attached hydrogens (primary N) is 1. The minimum Gasteiger partial charge on any atom is -0.478 e. The van der Waals surface area contributed by atoms with Crippen molar-refractivity contribution < 1.29 is 14.3 Å². The predicted molar refractivity (Wildman–Crippen MR) is 105 cm³/mol. The second kappa shape index (κ2) is 7.43. The van der Waals surface area contributed by atoms with Crippen molar-refractivity contribution in [1.29, 1.82) is 0 Å². The summed E-state index contributed by atoms with van der Waals surface area (Å²) >= 11 is 0. The van der Waals surface area contributed by atoms with Gasteiger partial charge in [-0.05, 0) is 57.4 Å². The molecule has 1 aliphatic rings. The van der Waals surface area contributed by atoms with Crippen molar-refractivity contribution in [2.24, 2.45) is 5.73 Å². The molecule has 2 aromatic rings. The van der Waals surface area contributed by atoms with E-state index in [2.05, 4.69) is 31.2 Å². The van der Waals surface area contributed by atoms with E-state index in [0.717, 1.165) is 18.4 Å². The summed E-state index contributed by atoms with van der Waals surface area (Å²) in [6.45, 7) is 6.29. The van der Waals surface area contributed by atoms with E-state index in [1.807, 2.05) is 4.90 Å². The van der Waals surface area contributed by atoms with Gasteiger partial charge >= 0.3 is 0 Å². The number of amides is 2. The Kier molecular flexibility index (Phi) is 5.22. The fraction of sp³-hybridized carbons (Fsp3) is 0.364. The molecule has 142 valence electrons. The van der Waals surface area contributed by atoms with Crippen molar-refractivity contribution in [1.82, 2.24) is 4.90 Å². The Morgan fingerprint density at radius 2 is 1.85 bits per heavy atom. The van der Waals surface area contributed by atoms with E-state index in [9.17, 15) is 9.59 Å². The molecule has 3 rings (SSSR count).